The Morgan fingerprint density at radius 2 is 1.94 bits per heavy atom. The van der Waals surface area contributed by atoms with Gasteiger partial charge in [0, 0.05) is 0 Å². The third-order valence-corrected chi connectivity index (χ3v) is 1.79. The van der Waals surface area contributed by atoms with Crippen molar-refractivity contribution in [2.45, 2.75) is 31.5 Å². The number of nitrogens with two attached hydrogens (primary N) is 1. The maximum Gasteiger partial charge on any atom is 0.324 e. The first-order valence-electron chi connectivity index (χ1n) is 4.41. The minimum Gasteiger partial charge on any atom is -0.481 e. The van der Waals surface area contributed by atoms with Crippen LogP contribution in [0.25, 0.3) is 0 Å². The molecule has 7 nitrogen and oxygen atoms in total. The predicted octanol–water partition coefficient (Wildman–Crippen LogP) is -1.85. The fourth-order valence-electron chi connectivity index (χ4n) is 0.850. The SMILES string of the molecule is C[C@@H](O)[C@H](N)C(=O)N[C@@H](CC(=O)O)C(=O)F. The highest BCUT2D eigenvalue weighted by Gasteiger charge is 2.27. The molecule has 0 aromatic rings. The van der Waals surface area contributed by atoms with E-state index in [9.17, 15) is 18.8 Å². The Kier molecular flexibility index (Phi) is 5.54. The van der Waals surface area contributed by atoms with Gasteiger partial charge < -0.3 is 21.3 Å². The van der Waals surface area contributed by atoms with E-state index in [2.05, 4.69) is 0 Å². The van der Waals surface area contributed by atoms with Crippen molar-refractivity contribution in [3.8, 4) is 0 Å². The van der Waals surface area contributed by atoms with Crippen LogP contribution in [0.15, 0.2) is 0 Å². The van der Waals surface area contributed by atoms with Crippen molar-refractivity contribution in [3.05, 3.63) is 0 Å². The first kappa shape index (κ1) is 14.5. The molecule has 0 heterocycles. The fourth-order valence-corrected chi connectivity index (χ4v) is 0.850. The Bertz CT molecular complexity index is 294. The third-order valence-electron chi connectivity index (χ3n) is 1.79. The second-order valence-corrected chi connectivity index (χ2v) is 3.23. The minimum atomic E-state index is -1.98. The zero-order valence-electron chi connectivity index (χ0n) is 8.51. The highest BCUT2D eigenvalue weighted by atomic mass is 19.1. The van der Waals surface area contributed by atoms with Gasteiger partial charge in [0.15, 0.2) is 0 Å². The molecule has 0 aromatic carbocycles. The van der Waals surface area contributed by atoms with Gasteiger partial charge in [0.25, 0.3) is 0 Å². The Hall–Kier alpha value is -1.54. The molecule has 0 bridgehead atoms. The molecule has 8 heteroatoms. The van der Waals surface area contributed by atoms with E-state index < -0.39 is 42.5 Å². The van der Waals surface area contributed by atoms with Crippen molar-refractivity contribution < 1.29 is 29.0 Å². The number of rotatable bonds is 6. The summed E-state index contributed by atoms with van der Waals surface area (Å²) in [5.74, 6) is -2.44. The first-order valence-corrected chi connectivity index (χ1v) is 4.41. The summed E-state index contributed by atoms with van der Waals surface area (Å²) in [6, 6.07) is -5.11. The van der Waals surface area contributed by atoms with Gasteiger partial charge in [-0.25, -0.2) is 0 Å². The summed E-state index contributed by atoms with van der Waals surface area (Å²) in [5.41, 5.74) is 5.20. The normalized spacial score (nSPS) is 16.0. The van der Waals surface area contributed by atoms with Crippen molar-refractivity contribution >= 4 is 17.9 Å². The number of carboxylic acid groups (broad SMARTS) is 1. The number of carbonyl (C=O) groups is 3. The summed E-state index contributed by atoms with van der Waals surface area (Å²) in [7, 11) is 0. The van der Waals surface area contributed by atoms with Crippen LogP contribution in [0.2, 0.25) is 0 Å². The summed E-state index contributed by atoms with van der Waals surface area (Å²) in [6.07, 6.45) is -2.08. The van der Waals surface area contributed by atoms with Crippen LogP contribution in [-0.4, -0.2) is 46.3 Å². The molecule has 16 heavy (non-hydrogen) atoms. The van der Waals surface area contributed by atoms with Gasteiger partial charge in [-0.3, -0.25) is 14.4 Å². The number of nitrogens with one attached hydrogen (secondary N) is 1. The number of carbonyl (C=O) groups excluding carboxylic acids is 2. The maximum atomic E-state index is 12.3. The quantitative estimate of drug-likeness (QED) is 0.400. The van der Waals surface area contributed by atoms with Gasteiger partial charge in [-0.15, -0.1) is 0 Å². The van der Waals surface area contributed by atoms with E-state index in [0.717, 1.165) is 0 Å². The highest BCUT2D eigenvalue weighted by molar-refractivity contribution is 5.89. The predicted molar refractivity (Wildman–Crippen MR) is 50.0 cm³/mol. The number of carboxylic acids is 1. The van der Waals surface area contributed by atoms with Gasteiger partial charge in [0.05, 0.1) is 12.5 Å². The van der Waals surface area contributed by atoms with E-state index in [1.165, 1.54) is 6.92 Å². The average molecular weight is 236 g/mol. The molecule has 0 saturated heterocycles. The molecular formula is C8H13FN2O5. The minimum absolute atomic E-state index is 0.881. The second-order valence-electron chi connectivity index (χ2n) is 3.23. The van der Waals surface area contributed by atoms with Gasteiger partial charge >= 0.3 is 12.0 Å². The zero-order chi connectivity index (χ0) is 12.9. The van der Waals surface area contributed by atoms with Crippen LogP contribution in [-0.2, 0) is 14.4 Å². The van der Waals surface area contributed by atoms with E-state index in [-0.39, 0.29) is 0 Å². The van der Waals surface area contributed by atoms with E-state index in [0.29, 0.717) is 0 Å². The maximum absolute atomic E-state index is 12.3. The molecular weight excluding hydrogens is 223 g/mol. The molecule has 0 radical (unpaired) electrons. The Morgan fingerprint density at radius 1 is 1.44 bits per heavy atom. The van der Waals surface area contributed by atoms with Crippen LogP contribution < -0.4 is 11.1 Å². The van der Waals surface area contributed by atoms with E-state index in [4.69, 9.17) is 15.9 Å². The number of halogens is 1. The summed E-state index contributed by atoms with van der Waals surface area (Å²) in [6.45, 7) is 1.23. The van der Waals surface area contributed by atoms with Gasteiger partial charge in [0.1, 0.15) is 12.1 Å². The van der Waals surface area contributed by atoms with Crippen molar-refractivity contribution in [3.63, 3.8) is 0 Å². The smallest absolute Gasteiger partial charge is 0.324 e. The summed E-state index contributed by atoms with van der Waals surface area (Å²) < 4.78 is 12.3. The van der Waals surface area contributed by atoms with E-state index >= 15 is 0 Å². The zero-order valence-corrected chi connectivity index (χ0v) is 8.51. The molecule has 5 N–H and O–H groups in total. The molecule has 0 aliphatic heterocycles. The summed E-state index contributed by atoms with van der Waals surface area (Å²) >= 11 is 0. The van der Waals surface area contributed by atoms with Crippen LogP contribution in [0.1, 0.15) is 13.3 Å². The number of aliphatic carboxylic acids is 1. The first-order chi connectivity index (χ1) is 7.25. The highest BCUT2D eigenvalue weighted by Crippen LogP contribution is 1.98. The second kappa shape index (κ2) is 6.13. The van der Waals surface area contributed by atoms with Gasteiger partial charge in [0.2, 0.25) is 5.91 Å². The Labute approximate surface area is 90.4 Å². The summed E-state index contributed by atoms with van der Waals surface area (Å²) in [5, 5.41) is 19.1. The van der Waals surface area contributed by atoms with E-state index in [1.54, 1.807) is 5.32 Å². The van der Waals surface area contributed by atoms with Gasteiger partial charge in [-0.2, -0.15) is 4.39 Å². The molecule has 1 amide bonds. The fraction of sp³-hybridized carbons (Fsp3) is 0.625. The van der Waals surface area contributed by atoms with Crippen LogP contribution in [0.5, 0.6) is 0 Å². The van der Waals surface area contributed by atoms with Crippen LogP contribution in [0.3, 0.4) is 0 Å². The number of aliphatic hydroxyl groups excluding tert-OH is 1. The third kappa shape index (κ3) is 4.80. The Balaban J connectivity index is 4.46. The van der Waals surface area contributed by atoms with Crippen molar-refractivity contribution in [2.75, 3.05) is 0 Å². The number of hydrogen-bond acceptors (Lipinski definition) is 5. The summed E-state index contributed by atoms with van der Waals surface area (Å²) in [4.78, 5) is 31.8. The molecule has 92 valence electrons. The molecule has 3 atom stereocenters. The standard InChI is InChI=1S/C8H13FN2O5/c1-3(12)6(10)8(16)11-4(7(9)15)2-5(13)14/h3-4,6,12H,2,10H2,1H3,(H,11,16)(H,13,14)/t3-,4+,6+/m1/s1. The molecule has 0 fully saturated rings. The van der Waals surface area contributed by atoms with Crippen molar-refractivity contribution in [2.24, 2.45) is 5.73 Å². The van der Waals surface area contributed by atoms with Crippen LogP contribution in [0.4, 0.5) is 4.39 Å². The molecule has 0 unspecified atom stereocenters. The lowest BCUT2D eigenvalue weighted by Gasteiger charge is -2.17. The molecule has 0 saturated carbocycles. The average Bonchev–Trinajstić information content (AvgIpc) is 2.14. The van der Waals surface area contributed by atoms with E-state index in [1.807, 2.05) is 0 Å². The van der Waals surface area contributed by atoms with Gasteiger partial charge in [-0.1, -0.05) is 0 Å². The molecule has 0 aromatic heterocycles. The lowest BCUT2D eigenvalue weighted by atomic mass is 10.1. The Morgan fingerprint density at radius 3 is 2.25 bits per heavy atom. The van der Waals surface area contributed by atoms with Crippen LogP contribution >= 0.6 is 0 Å². The van der Waals surface area contributed by atoms with Gasteiger partial charge in [-0.05, 0) is 6.92 Å². The lowest BCUT2D eigenvalue weighted by molar-refractivity contribution is -0.143. The topological polar surface area (TPSA) is 130 Å². The van der Waals surface area contributed by atoms with Crippen LogP contribution in [0, 0.1) is 0 Å². The monoisotopic (exact) mass is 236 g/mol. The van der Waals surface area contributed by atoms with Crippen molar-refractivity contribution in [1.82, 2.24) is 5.32 Å². The molecule has 0 aliphatic rings. The van der Waals surface area contributed by atoms with Crippen molar-refractivity contribution in [1.29, 1.82) is 0 Å². The molecule has 0 aliphatic carbocycles. The number of aliphatic hydroxyl groups is 1. The largest absolute Gasteiger partial charge is 0.481 e. The number of hydrogen-bond donors (Lipinski definition) is 4. The molecule has 0 spiro atoms. The number of amides is 1. The molecule has 0 rings (SSSR count). The lowest BCUT2D eigenvalue weighted by Crippen LogP contribution is -2.52.